The van der Waals surface area contributed by atoms with Crippen LogP contribution in [0.3, 0.4) is 0 Å². The fourth-order valence-electron chi connectivity index (χ4n) is 7.57. The van der Waals surface area contributed by atoms with Gasteiger partial charge in [0, 0.05) is 61.2 Å². The Kier molecular flexibility index (Phi) is 11.9. The number of alkyl halides is 3. The number of oxazole rings is 1. The van der Waals surface area contributed by atoms with Crippen molar-refractivity contribution in [2.24, 2.45) is 5.92 Å². The molecule has 5 aromatic rings. The second kappa shape index (κ2) is 16.9. The summed E-state index contributed by atoms with van der Waals surface area (Å²) in [6, 6.07) is 14.3. The molecule has 58 heavy (non-hydrogen) atoms. The van der Waals surface area contributed by atoms with Crippen LogP contribution in [0.15, 0.2) is 88.1 Å². The fraction of sp³-hybridized carbons (Fsp3) is 0.415. The number of β-amino-alcohol motifs (C(OH)–C–C–N with tert-alkyl or cyclic N) is 1. The number of fused-ring (bicyclic) bond motifs is 2. The van der Waals surface area contributed by atoms with Gasteiger partial charge in [-0.3, -0.25) is 24.4 Å². The van der Waals surface area contributed by atoms with Gasteiger partial charge >= 0.3 is 6.18 Å². The molecule has 0 spiro atoms. The van der Waals surface area contributed by atoms with Crippen molar-refractivity contribution < 1.29 is 50.9 Å². The number of ether oxygens (including phenoxy) is 1. The van der Waals surface area contributed by atoms with Crippen molar-refractivity contribution in [3.8, 4) is 17.1 Å². The number of para-hydroxylation sites is 1. The van der Waals surface area contributed by atoms with Gasteiger partial charge < -0.3 is 34.4 Å². The minimum Gasteiger partial charge on any atom is -0.490 e. The van der Waals surface area contributed by atoms with E-state index in [1.165, 1.54) is 18.3 Å². The SMILES string of the molecule is CC(C)(c1ncc(-c2ccc(F)cc2)o1)N1CCN(C[C@@H](O)C[C@@H](Cc2cc3ccncc3o2)C(=O)N[C@H]2c3ccccc3OC[C@H]2O)[C@H](C(=O)NCC(F)(F)F)C1. The Bertz CT molecular complexity index is 2180. The largest absolute Gasteiger partial charge is 0.490 e. The van der Waals surface area contributed by atoms with Crippen LogP contribution < -0.4 is 15.4 Å². The zero-order valence-corrected chi connectivity index (χ0v) is 31.8. The van der Waals surface area contributed by atoms with Crippen molar-refractivity contribution in [3.05, 3.63) is 102 Å². The van der Waals surface area contributed by atoms with Crippen molar-refractivity contribution in [3.63, 3.8) is 0 Å². The zero-order chi connectivity index (χ0) is 41.2. The highest BCUT2D eigenvalue weighted by molar-refractivity contribution is 5.82. The van der Waals surface area contributed by atoms with Crippen molar-refractivity contribution in [2.75, 3.05) is 39.3 Å². The second-order valence-electron chi connectivity index (χ2n) is 15.2. The number of hydrogen-bond donors (Lipinski definition) is 4. The summed E-state index contributed by atoms with van der Waals surface area (Å²) < 4.78 is 71.1. The highest BCUT2D eigenvalue weighted by Gasteiger charge is 2.43. The highest BCUT2D eigenvalue weighted by atomic mass is 19.4. The predicted molar refractivity (Wildman–Crippen MR) is 202 cm³/mol. The van der Waals surface area contributed by atoms with Gasteiger partial charge in [0.15, 0.2) is 11.3 Å². The summed E-state index contributed by atoms with van der Waals surface area (Å²) in [5.74, 6) is -1.03. The van der Waals surface area contributed by atoms with Crippen LogP contribution in [0, 0.1) is 11.7 Å². The maximum Gasteiger partial charge on any atom is 0.405 e. The summed E-state index contributed by atoms with van der Waals surface area (Å²) in [6.07, 6.45) is -2.33. The normalized spacial score (nSPS) is 20.2. The lowest BCUT2D eigenvalue weighted by molar-refractivity contribution is -0.145. The molecule has 2 aromatic carbocycles. The first kappa shape index (κ1) is 40.8. The van der Waals surface area contributed by atoms with Gasteiger partial charge in [-0.1, -0.05) is 18.2 Å². The van der Waals surface area contributed by atoms with Gasteiger partial charge in [-0.15, -0.1) is 0 Å². The molecular weight excluding hydrogens is 764 g/mol. The van der Waals surface area contributed by atoms with Gasteiger partial charge in [0.2, 0.25) is 17.7 Å². The van der Waals surface area contributed by atoms with Crippen LogP contribution in [-0.4, -0.2) is 106 Å². The maximum absolute atomic E-state index is 14.1. The van der Waals surface area contributed by atoms with Crippen LogP contribution in [0.4, 0.5) is 17.6 Å². The molecule has 308 valence electrons. The predicted octanol–water partition coefficient (Wildman–Crippen LogP) is 4.74. The fourth-order valence-corrected chi connectivity index (χ4v) is 7.57. The molecule has 3 aromatic heterocycles. The van der Waals surface area contributed by atoms with Crippen molar-refractivity contribution in [1.29, 1.82) is 0 Å². The number of rotatable bonds is 13. The first-order valence-electron chi connectivity index (χ1n) is 18.9. The lowest BCUT2D eigenvalue weighted by Gasteiger charge is -2.46. The molecule has 5 heterocycles. The van der Waals surface area contributed by atoms with E-state index in [-0.39, 0.29) is 45.0 Å². The highest BCUT2D eigenvalue weighted by Crippen LogP contribution is 2.35. The Labute approximate surface area is 331 Å². The van der Waals surface area contributed by atoms with Gasteiger partial charge in [0.25, 0.3) is 0 Å². The lowest BCUT2D eigenvalue weighted by atomic mass is 9.92. The van der Waals surface area contributed by atoms with Gasteiger partial charge in [-0.2, -0.15) is 13.2 Å². The molecule has 17 heteroatoms. The molecule has 1 saturated heterocycles. The van der Waals surface area contributed by atoms with E-state index < -0.39 is 66.1 Å². The van der Waals surface area contributed by atoms with E-state index in [0.29, 0.717) is 40.5 Å². The number of aliphatic hydroxyl groups is 2. The van der Waals surface area contributed by atoms with E-state index in [1.807, 2.05) is 24.1 Å². The Balaban J connectivity index is 1.09. The topological polar surface area (TPSA) is 166 Å². The number of halogens is 4. The van der Waals surface area contributed by atoms with Crippen molar-refractivity contribution in [1.82, 2.24) is 30.4 Å². The summed E-state index contributed by atoms with van der Waals surface area (Å²) in [7, 11) is 0. The van der Waals surface area contributed by atoms with E-state index in [2.05, 4.69) is 15.3 Å². The van der Waals surface area contributed by atoms with Gasteiger partial charge in [0.1, 0.15) is 42.6 Å². The number of hydrogen-bond acceptors (Lipinski definition) is 11. The Morgan fingerprint density at radius 3 is 2.57 bits per heavy atom. The average Bonchev–Trinajstić information content (AvgIpc) is 3.86. The first-order chi connectivity index (χ1) is 27.6. The number of benzene rings is 2. The van der Waals surface area contributed by atoms with E-state index >= 15 is 0 Å². The van der Waals surface area contributed by atoms with E-state index in [1.54, 1.807) is 65.8 Å². The summed E-state index contributed by atoms with van der Waals surface area (Å²) in [5, 5.41) is 28.2. The summed E-state index contributed by atoms with van der Waals surface area (Å²) in [6.45, 7) is 2.32. The van der Waals surface area contributed by atoms with Crippen LogP contribution in [0.2, 0.25) is 0 Å². The monoisotopic (exact) mass is 808 g/mol. The molecule has 13 nitrogen and oxygen atoms in total. The number of carbonyl (C=O) groups excluding carboxylic acids is 2. The third kappa shape index (κ3) is 9.33. The number of furan rings is 1. The Morgan fingerprint density at radius 1 is 1.03 bits per heavy atom. The average molecular weight is 809 g/mol. The molecule has 4 N–H and O–H groups in total. The smallest absolute Gasteiger partial charge is 0.405 e. The number of aromatic nitrogens is 2. The van der Waals surface area contributed by atoms with E-state index in [4.69, 9.17) is 13.6 Å². The second-order valence-corrected chi connectivity index (χ2v) is 15.2. The van der Waals surface area contributed by atoms with Crippen LogP contribution in [0.1, 0.15) is 43.5 Å². The Morgan fingerprint density at radius 2 is 1.81 bits per heavy atom. The minimum absolute atomic E-state index is 0.0439. The van der Waals surface area contributed by atoms with Gasteiger partial charge in [-0.05, 0) is 62.7 Å². The summed E-state index contributed by atoms with van der Waals surface area (Å²) in [5.41, 5.74) is 0.756. The standard InChI is InChI=1S/C41H44F4N6O7/c1-40(2,39-47-19-35(58-39)24-7-9-27(42)10-8-24)51-14-13-50(31(21-51)38(55)48-23-41(43,44)45)20-28(52)15-26(17-29-16-25-11-12-46-18-34(25)57-29)37(54)49-36-30-5-3-4-6-33(30)56-22-32(36)53/h3-12,16,18-19,26,28,31-32,36,52-53H,13-15,17,20-23H2,1-2H3,(H,48,55)(H,49,54)/t26-,28-,31-,32+,36-/m0/s1. The molecule has 2 aliphatic heterocycles. The number of carbonyl (C=O) groups is 2. The maximum atomic E-state index is 14.1. The molecule has 0 aliphatic carbocycles. The molecular formula is C41H44F4N6O7. The van der Waals surface area contributed by atoms with Crippen molar-refractivity contribution in [2.45, 2.75) is 62.7 Å². The van der Waals surface area contributed by atoms with E-state index in [0.717, 1.165) is 5.39 Å². The lowest BCUT2D eigenvalue weighted by Crippen LogP contribution is -2.63. The van der Waals surface area contributed by atoms with Crippen LogP contribution in [0.5, 0.6) is 5.75 Å². The number of amides is 2. The molecule has 7 rings (SSSR count). The number of aliphatic hydroxyl groups excluding tert-OH is 2. The molecule has 2 aliphatic rings. The summed E-state index contributed by atoms with van der Waals surface area (Å²) >= 11 is 0. The number of nitrogens with zero attached hydrogens (tertiary/aromatic N) is 4. The number of pyridine rings is 1. The third-order valence-corrected chi connectivity index (χ3v) is 10.7. The molecule has 0 radical (unpaired) electrons. The Hall–Kier alpha value is -5.36. The van der Waals surface area contributed by atoms with Gasteiger partial charge in [-0.25, -0.2) is 9.37 Å². The summed E-state index contributed by atoms with van der Waals surface area (Å²) in [4.78, 5) is 39.7. The van der Waals surface area contributed by atoms with Crippen molar-refractivity contribution >= 4 is 22.8 Å². The first-order valence-corrected chi connectivity index (χ1v) is 18.9. The van der Waals surface area contributed by atoms with E-state index in [9.17, 15) is 37.4 Å². The molecule has 0 saturated carbocycles. The number of nitrogens with one attached hydrogen (secondary N) is 2. The minimum atomic E-state index is -4.66. The van der Waals surface area contributed by atoms with Crippen LogP contribution >= 0.6 is 0 Å². The molecule has 5 atom stereocenters. The zero-order valence-electron chi connectivity index (χ0n) is 31.8. The number of piperazine rings is 1. The third-order valence-electron chi connectivity index (χ3n) is 10.7. The van der Waals surface area contributed by atoms with Crippen LogP contribution in [0.25, 0.3) is 22.3 Å². The molecule has 0 unspecified atom stereocenters. The molecule has 2 amide bonds. The van der Waals surface area contributed by atoms with Gasteiger partial charge in [0.05, 0.1) is 30.1 Å². The molecule has 0 bridgehead atoms. The van der Waals surface area contributed by atoms with Crippen LogP contribution in [-0.2, 0) is 21.5 Å². The molecule has 1 fully saturated rings. The quantitative estimate of drug-likeness (QED) is 0.121.